The molecule has 1 heterocycles. The molecule has 7 heteroatoms. The fraction of sp³-hybridized carbons (Fsp3) is 0.381. The highest BCUT2D eigenvalue weighted by molar-refractivity contribution is 7.72. The van der Waals surface area contributed by atoms with Gasteiger partial charge in [0.1, 0.15) is 4.88 Å². The molecule has 0 aliphatic rings. The monoisotopic (exact) mass is 437 g/mol. The summed E-state index contributed by atoms with van der Waals surface area (Å²) in [6, 6.07) is 8.40. The van der Waals surface area contributed by atoms with Gasteiger partial charge in [0, 0.05) is 28.4 Å². The van der Waals surface area contributed by atoms with Crippen LogP contribution in [0.4, 0.5) is 5.69 Å². The number of hydrogen-bond acceptors (Lipinski definition) is 3. The Morgan fingerprint density at radius 3 is 2.29 bits per heavy atom. The number of halogens is 1. The first-order valence-electron chi connectivity index (χ1n) is 8.86. The Kier molecular flexibility index (Phi) is 6.71. The number of benzene rings is 1. The highest BCUT2D eigenvalue weighted by Gasteiger charge is 2.34. The highest BCUT2D eigenvalue weighted by atomic mass is 35.5. The minimum atomic E-state index is -3.09. The van der Waals surface area contributed by atoms with Crippen molar-refractivity contribution in [1.82, 2.24) is 0 Å². The fourth-order valence-corrected chi connectivity index (χ4v) is 6.22. The van der Waals surface area contributed by atoms with Gasteiger partial charge in [0.25, 0.3) is 0 Å². The van der Waals surface area contributed by atoms with Crippen LogP contribution in [-0.2, 0) is 4.57 Å². The van der Waals surface area contributed by atoms with E-state index in [1.165, 1.54) is 0 Å². The number of rotatable bonds is 5. The molecule has 0 fully saturated rings. The highest BCUT2D eigenvalue weighted by Crippen LogP contribution is 2.51. The first-order valence-corrected chi connectivity index (χ1v) is 12.2. The lowest BCUT2D eigenvalue weighted by Crippen LogP contribution is -2.32. The molecule has 0 amide bonds. The number of carboxylic acids is 1. The fourth-order valence-electron chi connectivity index (χ4n) is 2.78. The Morgan fingerprint density at radius 1 is 1.25 bits per heavy atom. The van der Waals surface area contributed by atoms with Crippen LogP contribution in [0.3, 0.4) is 0 Å². The summed E-state index contributed by atoms with van der Waals surface area (Å²) in [4.78, 5) is 12.7. The standard InChI is InChI=1S/C21H25ClNO3PS/c1-14(2)23(27(6,26)16-9-7-15(22)8-10-16)18-13-17(11-12-21(3,4)5)28-19(18)20(24)25/h7-10,13-14H,1-6H3,(H,24,25). The van der Waals surface area contributed by atoms with Crippen LogP contribution in [0.25, 0.3) is 0 Å². The normalized spacial score (nSPS) is 13.6. The van der Waals surface area contributed by atoms with Crippen LogP contribution in [0.5, 0.6) is 0 Å². The van der Waals surface area contributed by atoms with Crippen LogP contribution in [0, 0.1) is 17.3 Å². The molecule has 0 spiro atoms. The van der Waals surface area contributed by atoms with E-state index in [9.17, 15) is 14.5 Å². The van der Waals surface area contributed by atoms with Crippen molar-refractivity contribution in [3.8, 4) is 11.8 Å². The van der Waals surface area contributed by atoms with Gasteiger partial charge < -0.3 is 9.78 Å². The van der Waals surface area contributed by atoms with Gasteiger partial charge >= 0.3 is 5.97 Å². The summed E-state index contributed by atoms with van der Waals surface area (Å²) in [7, 11) is -3.09. The quantitative estimate of drug-likeness (QED) is 0.464. The van der Waals surface area contributed by atoms with Crippen molar-refractivity contribution in [2.75, 3.05) is 11.3 Å². The number of carbonyl (C=O) groups is 1. The summed E-state index contributed by atoms with van der Waals surface area (Å²) in [6.07, 6.45) is 0. The van der Waals surface area contributed by atoms with E-state index in [4.69, 9.17) is 11.6 Å². The largest absolute Gasteiger partial charge is 0.477 e. The summed E-state index contributed by atoms with van der Waals surface area (Å²) < 4.78 is 15.5. The summed E-state index contributed by atoms with van der Waals surface area (Å²) >= 11 is 7.08. The Morgan fingerprint density at radius 2 is 1.82 bits per heavy atom. The summed E-state index contributed by atoms with van der Waals surface area (Å²) in [5.74, 6) is 5.14. The van der Waals surface area contributed by atoms with Gasteiger partial charge in [-0.05, 0) is 65.0 Å². The first-order chi connectivity index (χ1) is 12.8. The molecule has 1 aromatic heterocycles. The van der Waals surface area contributed by atoms with Crippen LogP contribution in [0.15, 0.2) is 30.3 Å². The smallest absolute Gasteiger partial charge is 0.348 e. The van der Waals surface area contributed by atoms with Gasteiger partial charge in [0.2, 0.25) is 0 Å². The van der Waals surface area contributed by atoms with Crippen LogP contribution in [0.2, 0.25) is 5.02 Å². The molecule has 1 N–H and O–H groups in total. The Labute approximate surface area is 176 Å². The van der Waals surface area contributed by atoms with Crippen molar-refractivity contribution in [1.29, 1.82) is 0 Å². The molecule has 28 heavy (non-hydrogen) atoms. The number of nitrogens with zero attached hydrogens (tertiary/aromatic N) is 1. The predicted molar refractivity (Wildman–Crippen MR) is 120 cm³/mol. The van der Waals surface area contributed by atoms with E-state index in [0.717, 1.165) is 11.3 Å². The minimum absolute atomic E-state index is 0.142. The molecule has 2 aromatic rings. The second-order valence-corrected chi connectivity index (χ2v) is 12.1. The molecule has 0 aliphatic heterocycles. The van der Waals surface area contributed by atoms with Crippen LogP contribution in [0.1, 0.15) is 49.2 Å². The van der Waals surface area contributed by atoms with Gasteiger partial charge in [-0.25, -0.2) is 4.79 Å². The number of anilines is 1. The van der Waals surface area contributed by atoms with Crippen molar-refractivity contribution in [2.45, 2.75) is 40.7 Å². The molecule has 2 rings (SSSR count). The van der Waals surface area contributed by atoms with Crippen LogP contribution >= 0.6 is 30.2 Å². The molecule has 150 valence electrons. The third kappa shape index (κ3) is 5.20. The van der Waals surface area contributed by atoms with Crippen molar-refractivity contribution >= 4 is 47.2 Å². The average molecular weight is 438 g/mol. The maximum atomic E-state index is 13.8. The number of hydrogen-bond donors (Lipinski definition) is 1. The first kappa shape index (κ1) is 22.6. The second-order valence-electron chi connectivity index (χ2n) is 7.92. The van der Waals surface area contributed by atoms with Crippen molar-refractivity contribution in [2.24, 2.45) is 5.41 Å². The van der Waals surface area contributed by atoms with E-state index in [2.05, 4.69) is 11.8 Å². The number of aromatic carboxylic acids is 1. The molecular formula is C21H25ClNO3PS. The summed E-state index contributed by atoms with van der Waals surface area (Å²) in [6.45, 7) is 11.4. The maximum Gasteiger partial charge on any atom is 0.348 e. The molecule has 1 atom stereocenters. The third-order valence-electron chi connectivity index (χ3n) is 3.92. The Bertz CT molecular complexity index is 978. The zero-order valence-corrected chi connectivity index (χ0v) is 19.4. The lowest BCUT2D eigenvalue weighted by molar-refractivity contribution is 0.0703. The molecule has 0 aliphatic carbocycles. The minimum Gasteiger partial charge on any atom is -0.477 e. The molecule has 0 bridgehead atoms. The Balaban J connectivity index is 2.63. The van der Waals surface area contributed by atoms with Gasteiger partial charge in [0.05, 0.1) is 10.6 Å². The van der Waals surface area contributed by atoms with Crippen molar-refractivity contribution < 1.29 is 14.5 Å². The van der Waals surface area contributed by atoms with Crippen LogP contribution < -0.4 is 9.97 Å². The molecule has 0 saturated carbocycles. The molecule has 4 nitrogen and oxygen atoms in total. The lowest BCUT2D eigenvalue weighted by atomic mass is 9.98. The molecule has 0 radical (unpaired) electrons. The van der Waals surface area contributed by atoms with E-state index >= 15 is 0 Å². The molecule has 1 aromatic carbocycles. The van der Waals surface area contributed by atoms with E-state index < -0.39 is 13.3 Å². The van der Waals surface area contributed by atoms with Crippen molar-refractivity contribution in [3.63, 3.8) is 0 Å². The van der Waals surface area contributed by atoms with E-state index in [-0.39, 0.29) is 16.3 Å². The van der Waals surface area contributed by atoms with Crippen LogP contribution in [-0.4, -0.2) is 23.8 Å². The maximum absolute atomic E-state index is 13.8. The Hall–Kier alpha value is -1.73. The zero-order chi connectivity index (χ0) is 21.3. The topological polar surface area (TPSA) is 57.6 Å². The van der Waals surface area contributed by atoms with E-state index in [1.54, 1.807) is 41.7 Å². The van der Waals surface area contributed by atoms with Gasteiger partial charge in [-0.15, -0.1) is 11.3 Å². The molecule has 1 unspecified atom stereocenters. The second kappa shape index (κ2) is 8.33. The van der Waals surface area contributed by atoms with E-state index in [0.29, 0.717) is 20.9 Å². The van der Waals surface area contributed by atoms with Gasteiger partial charge in [-0.2, -0.15) is 0 Å². The number of thiophene rings is 1. The third-order valence-corrected chi connectivity index (χ3v) is 7.96. The predicted octanol–water partition coefficient (Wildman–Crippen LogP) is 5.95. The lowest BCUT2D eigenvalue weighted by Gasteiger charge is -2.34. The van der Waals surface area contributed by atoms with E-state index in [1.807, 2.05) is 34.6 Å². The molecular weight excluding hydrogens is 413 g/mol. The van der Waals surface area contributed by atoms with Crippen molar-refractivity contribution in [3.05, 3.63) is 45.1 Å². The van der Waals surface area contributed by atoms with Gasteiger partial charge in [0.15, 0.2) is 7.29 Å². The van der Waals surface area contributed by atoms with Gasteiger partial charge in [-0.1, -0.05) is 23.4 Å². The average Bonchev–Trinajstić information content (AvgIpc) is 2.96. The zero-order valence-electron chi connectivity index (χ0n) is 16.9. The summed E-state index contributed by atoms with van der Waals surface area (Å²) in [5, 5.41) is 10.9. The molecule has 0 saturated heterocycles. The van der Waals surface area contributed by atoms with Gasteiger partial charge in [-0.3, -0.25) is 4.57 Å². The summed E-state index contributed by atoms with van der Waals surface area (Å²) in [5.41, 5.74) is 0.237. The SMILES string of the molecule is CC(C)N(c1cc(C#CC(C)(C)C)sc1C(=O)O)P(C)(=O)c1ccc(Cl)cc1. The number of carboxylic acid groups (broad SMARTS) is 1.